The number of rotatable bonds is 3. The molecule has 0 atom stereocenters. The molecule has 0 bridgehead atoms. The maximum atomic E-state index is 5.34. The van der Waals surface area contributed by atoms with Crippen molar-refractivity contribution in [1.29, 1.82) is 0 Å². The Morgan fingerprint density at radius 2 is 1.93 bits per heavy atom. The van der Waals surface area contributed by atoms with Gasteiger partial charge in [-0.1, -0.05) is 0 Å². The summed E-state index contributed by atoms with van der Waals surface area (Å²) in [4.78, 5) is 4.11. The molecule has 4 nitrogen and oxygen atoms in total. The molecule has 0 amide bonds. The summed E-state index contributed by atoms with van der Waals surface area (Å²) in [7, 11) is 0. The topological polar surface area (TPSA) is 47.9 Å². The van der Waals surface area contributed by atoms with Crippen molar-refractivity contribution < 1.29 is 4.74 Å². The Labute approximate surface area is 88.0 Å². The third-order valence-corrected chi connectivity index (χ3v) is 1.91. The Morgan fingerprint density at radius 3 is 2.53 bits per heavy atom. The molecule has 15 heavy (non-hydrogen) atoms. The molecule has 0 fully saturated rings. The SMILES string of the molecule is CCOc1ccc(-c2nccnn2)cc1. The predicted octanol–water partition coefficient (Wildman–Crippen LogP) is 1.94. The van der Waals surface area contributed by atoms with E-state index in [1.54, 1.807) is 12.4 Å². The molecular formula is C11H11N3O. The number of nitrogens with zero attached hydrogens (tertiary/aromatic N) is 3. The van der Waals surface area contributed by atoms with Gasteiger partial charge in [0, 0.05) is 11.8 Å². The summed E-state index contributed by atoms with van der Waals surface area (Å²) < 4.78 is 5.34. The molecule has 2 aromatic rings. The Bertz CT molecular complexity index is 414. The van der Waals surface area contributed by atoms with Crippen LogP contribution in [0.2, 0.25) is 0 Å². The van der Waals surface area contributed by atoms with E-state index in [1.165, 1.54) is 0 Å². The van der Waals surface area contributed by atoms with Crippen LogP contribution < -0.4 is 4.74 Å². The Kier molecular flexibility index (Phi) is 2.88. The van der Waals surface area contributed by atoms with Gasteiger partial charge in [0.2, 0.25) is 0 Å². The first kappa shape index (κ1) is 9.58. The Balaban J connectivity index is 2.24. The van der Waals surface area contributed by atoms with Gasteiger partial charge in [0.15, 0.2) is 5.82 Å². The molecule has 4 heteroatoms. The van der Waals surface area contributed by atoms with Gasteiger partial charge in [-0.05, 0) is 31.2 Å². The first-order chi connectivity index (χ1) is 7.40. The third-order valence-electron chi connectivity index (χ3n) is 1.91. The zero-order valence-electron chi connectivity index (χ0n) is 8.42. The molecule has 0 spiro atoms. The maximum absolute atomic E-state index is 5.34. The van der Waals surface area contributed by atoms with E-state index in [1.807, 2.05) is 31.2 Å². The summed E-state index contributed by atoms with van der Waals surface area (Å²) in [6.45, 7) is 2.63. The molecule has 0 aliphatic carbocycles. The minimum absolute atomic E-state index is 0.626. The van der Waals surface area contributed by atoms with Gasteiger partial charge in [-0.3, -0.25) is 0 Å². The lowest BCUT2D eigenvalue weighted by Crippen LogP contribution is -1.92. The second-order valence-electron chi connectivity index (χ2n) is 2.92. The summed E-state index contributed by atoms with van der Waals surface area (Å²) in [5, 5.41) is 7.70. The maximum Gasteiger partial charge on any atom is 0.181 e. The molecule has 0 unspecified atom stereocenters. The van der Waals surface area contributed by atoms with Crippen molar-refractivity contribution in [2.45, 2.75) is 6.92 Å². The zero-order chi connectivity index (χ0) is 10.5. The van der Waals surface area contributed by atoms with Crippen molar-refractivity contribution in [1.82, 2.24) is 15.2 Å². The summed E-state index contributed by atoms with van der Waals surface area (Å²) >= 11 is 0. The fraction of sp³-hybridized carbons (Fsp3) is 0.182. The molecule has 76 valence electrons. The van der Waals surface area contributed by atoms with E-state index >= 15 is 0 Å². The van der Waals surface area contributed by atoms with Crippen molar-refractivity contribution in [3.8, 4) is 17.1 Å². The van der Waals surface area contributed by atoms with Gasteiger partial charge < -0.3 is 4.74 Å². The van der Waals surface area contributed by atoms with E-state index in [0.29, 0.717) is 12.4 Å². The van der Waals surface area contributed by atoms with Crippen molar-refractivity contribution in [3.05, 3.63) is 36.7 Å². The number of aromatic nitrogens is 3. The molecule has 0 saturated heterocycles. The smallest absolute Gasteiger partial charge is 0.181 e. The molecule has 1 heterocycles. The normalized spacial score (nSPS) is 9.93. The number of hydrogen-bond donors (Lipinski definition) is 0. The van der Waals surface area contributed by atoms with E-state index in [0.717, 1.165) is 11.3 Å². The first-order valence-corrected chi connectivity index (χ1v) is 4.77. The van der Waals surface area contributed by atoms with E-state index in [4.69, 9.17) is 4.74 Å². The van der Waals surface area contributed by atoms with Crippen LogP contribution in [0.4, 0.5) is 0 Å². The highest BCUT2D eigenvalue weighted by molar-refractivity contribution is 5.55. The molecule has 1 aromatic heterocycles. The van der Waals surface area contributed by atoms with Crippen LogP contribution in [-0.2, 0) is 0 Å². The highest BCUT2D eigenvalue weighted by Gasteiger charge is 2.00. The highest BCUT2D eigenvalue weighted by atomic mass is 16.5. The van der Waals surface area contributed by atoms with Crippen molar-refractivity contribution in [2.24, 2.45) is 0 Å². The molecule has 2 rings (SSSR count). The lowest BCUT2D eigenvalue weighted by Gasteiger charge is -2.03. The molecule has 0 saturated carbocycles. The average molecular weight is 201 g/mol. The fourth-order valence-corrected chi connectivity index (χ4v) is 1.25. The summed E-state index contributed by atoms with van der Waals surface area (Å²) in [5.41, 5.74) is 0.937. The van der Waals surface area contributed by atoms with E-state index in [-0.39, 0.29) is 0 Å². The van der Waals surface area contributed by atoms with E-state index in [9.17, 15) is 0 Å². The largest absolute Gasteiger partial charge is 0.494 e. The van der Waals surface area contributed by atoms with Crippen LogP contribution in [0.5, 0.6) is 5.75 Å². The Morgan fingerprint density at radius 1 is 1.13 bits per heavy atom. The molecule has 0 radical (unpaired) electrons. The van der Waals surface area contributed by atoms with Crippen LogP contribution in [0.3, 0.4) is 0 Å². The van der Waals surface area contributed by atoms with Crippen LogP contribution >= 0.6 is 0 Å². The molecular weight excluding hydrogens is 190 g/mol. The van der Waals surface area contributed by atoms with E-state index in [2.05, 4.69) is 15.2 Å². The van der Waals surface area contributed by atoms with Crippen LogP contribution in [0.1, 0.15) is 6.92 Å². The average Bonchev–Trinajstić information content (AvgIpc) is 2.32. The number of ether oxygens (including phenoxy) is 1. The van der Waals surface area contributed by atoms with Crippen LogP contribution in [0, 0.1) is 0 Å². The van der Waals surface area contributed by atoms with Crippen molar-refractivity contribution in [3.63, 3.8) is 0 Å². The lowest BCUT2D eigenvalue weighted by molar-refractivity contribution is 0.340. The standard InChI is InChI=1S/C11H11N3O/c1-2-15-10-5-3-9(4-6-10)11-12-7-8-13-14-11/h3-8H,2H2,1H3. The molecule has 0 aliphatic rings. The molecule has 0 aliphatic heterocycles. The Hall–Kier alpha value is -1.97. The molecule has 1 aromatic carbocycles. The van der Waals surface area contributed by atoms with Gasteiger partial charge in [0.05, 0.1) is 12.8 Å². The van der Waals surface area contributed by atoms with Gasteiger partial charge in [-0.25, -0.2) is 4.98 Å². The minimum atomic E-state index is 0.626. The predicted molar refractivity (Wildman–Crippen MR) is 56.4 cm³/mol. The number of benzene rings is 1. The van der Waals surface area contributed by atoms with E-state index < -0.39 is 0 Å². The number of hydrogen-bond acceptors (Lipinski definition) is 4. The van der Waals surface area contributed by atoms with Gasteiger partial charge in [0.25, 0.3) is 0 Å². The summed E-state index contributed by atoms with van der Waals surface area (Å²) in [5.74, 6) is 1.48. The van der Waals surface area contributed by atoms with Crippen LogP contribution in [-0.4, -0.2) is 21.8 Å². The van der Waals surface area contributed by atoms with Gasteiger partial charge in [-0.15, -0.1) is 5.10 Å². The summed E-state index contributed by atoms with van der Waals surface area (Å²) in [6.07, 6.45) is 3.18. The van der Waals surface area contributed by atoms with Crippen molar-refractivity contribution >= 4 is 0 Å². The van der Waals surface area contributed by atoms with Crippen LogP contribution in [0.15, 0.2) is 36.7 Å². The summed E-state index contributed by atoms with van der Waals surface area (Å²) in [6, 6.07) is 7.63. The van der Waals surface area contributed by atoms with Crippen molar-refractivity contribution in [2.75, 3.05) is 6.61 Å². The van der Waals surface area contributed by atoms with Gasteiger partial charge in [-0.2, -0.15) is 5.10 Å². The first-order valence-electron chi connectivity index (χ1n) is 4.77. The second-order valence-corrected chi connectivity index (χ2v) is 2.92. The zero-order valence-corrected chi connectivity index (χ0v) is 8.42. The van der Waals surface area contributed by atoms with Crippen LogP contribution in [0.25, 0.3) is 11.4 Å². The van der Waals surface area contributed by atoms with Gasteiger partial charge >= 0.3 is 0 Å². The highest BCUT2D eigenvalue weighted by Crippen LogP contribution is 2.18. The third kappa shape index (κ3) is 2.28. The lowest BCUT2D eigenvalue weighted by atomic mass is 10.2. The minimum Gasteiger partial charge on any atom is -0.494 e. The molecule has 0 N–H and O–H groups in total. The quantitative estimate of drug-likeness (QED) is 0.761. The monoisotopic (exact) mass is 201 g/mol. The second kappa shape index (κ2) is 4.50. The fourth-order valence-electron chi connectivity index (χ4n) is 1.25. The van der Waals surface area contributed by atoms with Gasteiger partial charge in [0.1, 0.15) is 5.75 Å².